The number of aromatic amines is 1. The van der Waals surface area contributed by atoms with Crippen molar-refractivity contribution in [2.24, 2.45) is 11.7 Å². The molecule has 1 aromatic carbocycles. The van der Waals surface area contributed by atoms with E-state index in [9.17, 15) is 4.79 Å². The molecule has 1 aliphatic carbocycles. The standard InChI is InChI=1S/C17H23N3O/c18-11-16(12-5-2-1-3-6-12)20-17(21)14-7-4-8-15-13(14)9-10-19-15/h4,7-10,12,16,19H,1-3,5-6,11,18H2,(H,20,21). The highest BCUT2D eigenvalue weighted by molar-refractivity contribution is 6.06. The average Bonchev–Trinajstić information content (AvgIpc) is 3.01. The maximum absolute atomic E-state index is 12.6. The van der Waals surface area contributed by atoms with Gasteiger partial charge in [0.25, 0.3) is 5.91 Å². The van der Waals surface area contributed by atoms with Crippen LogP contribution >= 0.6 is 0 Å². The van der Waals surface area contributed by atoms with Gasteiger partial charge in [-0.05, 0) is 37.0 Å². The third kappa shape index (κ3) is 2.95. The third-order valence-electron chi connectivity index (χ3n) is 4.63. The molecule has 0 bridgehead atoms. The van der Waals surface area contributed by atoms with Crippen LogP contribution in [0.15, 0.2) is 30.5 Å². The summed E-state index contributed by atoms with van der Waals surface area (Å²) in [5, 5.41) is 4.12. The lowest BCUT2D eigenvalue weighted by molar-refractivity contribution is 0.0917. The minimum Gasteiger partial charge on any atom is -0.361 e. The van der Waals surface area contributed by atoms with Gasteiger partial charge in [-0.2, -0.15) is 0 Å². The highest BCUT2D eigenvalue weighted by Gasteiger charge is 2.24. The van der Waals surface area contributed by atoms with E-state index in [2.05, 4.69) is 10.3 Å². The van der Waals surface area contributed by atoms with Crippen LogP contribution < -0.4 is 11.1 Å². The van der Waals surface area contributed by atoms with Crippen molar-refractivity contribution in [1.82, 2.24) is 10.3 Å². The quantitative estimate of drug-likeness (QED) is 0.808. The molecule has 1 amide bonds. The van der Waals surface area contributed by atoms with Crippen LogP contribution in [0.5, 0.6) is 0 Å². The fourth-order valence-corrected chi connectivity index (χ4v) is 3.44. The fourth-order valence-electron chi connectivity index (χ4n) is 3.44. The zero-order valence-corrected chi connectivity index (χ0v) is 12.3. The molecule has 1 saturated carbocycles. The van der Waals surface area contributed by atoms with Crippen LogP contribution in [0.1, 0.15) is 42.5 Å². The van der Waals surface area contributed by atoms with Crippen molar-refractivity contribution in [1.29, 1.82) is 0 Å². The fraction of sp³-hybridized carbons (Fsp3) is 0.471. The maximum Gasteiger partial charge on any atom is 0.252 e. The molecule has 112 valence electrons. The van der Waals surface area contributed by atoms with Crippen molar-refractivity contribution in [3.8, 4) is 0 Å². The van der Waals surface area contributed by atoms with Gasteiger partial charge >= 0.3 is 0 Å². The molecule has 1 unspecified atom stereocenters. The summed E-state index contributed by atoms with van der Waals surface area (Å²) < 4.78 is 0. The molecule has 0 saturated heterocycles. The number of carbonyl (C=O) groups excluding carboxylic acids is 1. The Hall–Kier alpha value is -1.81. The first-order valence-corrected chi connectivity index (χ1v) is 7.86. The van der Waals surface area contributed by atoms with Gasteiger partial charge in [0, 0.05) is 35.2 Å². The van der Waals surface area contributed by atoms with Crippen LogP contribution in [0.25, 0.3) is 10.9 Å². The van der Waals surface area contributed by atoms with Crippen LogP contribution in [0, 0.1) is 5.92 Å². The Balaban J connectivity index is 1.76. The Kier molecular flexibility index (Phi) is 4.25. The van der Waals surface area contributed by atoms with Crippen molar-refractivity contribution in [2.45, 2.75) is 38.1 Å². The van der Waals surface area contributed by atoms with Gasteiger partial charge < -0.3 is 16.0 Å². The Morgan fingerprint density at radius 2 is 2.10 bits per heavy atom. The Labute approximate surface area is 125 Å². The van der Waals surface area contributed by atoms with E-state index in [0.717, 1.165) is 16.5 Å². The van der Waals surface area contributed by atoms with E-state index < -0.39 is 0 Å². The lowest BCUT2D eigenvalue weighted by Crippen LogP contribution is -2.45. The molecule has 4 nitrogen and oxygen atoms in total. The van der Waals surface area contributed by atoms with Crippen LogP contribution in [0.3, 0.4) is 0 Å². The van der Waals surface area contributed by atoms with Crippen molar-refractivity contribution >= 4 is 16.8 Å². The van der Waals surface area contributed by atoms with Crippen molar-refractivity contribution in [2.75, 3.05) is 6.54 Å². The van der Waals surface area contributed by atoms with E-state index in [0.29, 0.717) is 12.5 Å². The molecule has 1 aliphatic rings. The van der Waals surface area contributed by atoms with Crippen LogP contribution in [-0.4, -0.2) is 23.5 Å². The summed E-state index contributed by atoms with van der Waals surface area (Å²) in [7, 11) is 0. The van der Waals surface area contributed by atoms with E-state index in [1.165, 1.54) is 32.1 Å². The number of fused-ring (bicyclic) bond motifs is 1. The maximum atomic E-state index is 12.6. The van der Waals surface area contributed by atoms with Crippen LogP contribution in [0.2, 0.25) is 0 Å². The molecule has 21 heavy (non-hydrogen) atoms. The van der Waals surface area contributed by atoms with E-state index >= 15 is 0 Å². The monoisotopic (exact) mass is 285 g/mol. The number of rotatable bonds is 4. The number of nitrogens with two attached hydrogens (primary N) is 1. The third-order valence-corrected chi connectivity index (χ3v) is 4.63. The zero-order chi connectivity index (χ0) is 14.7. The van der Waals surface area contributed by atoms with E-state index in [4.69, 9.17) is 5.73 Å². The predicted molar refractivity (Wildman–Crippen MR) is 85.2 cm³/mol. The van der Waals surface area contributed by atoms with Crippen molar-refractivity contribution < 1.29 is 4.79 Å². The lowest BCUT2D eigenvalue weighted by atomic mass is 9.84. The number of hydrogen-bond acceptors (Lipinski definition) is 2. The van der Waals surface area contributed by atoms with Crippen molar-refractivity contribution in [3.05, 3.63) is 36.0 Å². The second-order valence-electron chi connectivity index (χ2n) is 5.96. The summed E-state index contributed by atoms with van der Waals surface area (Å²) >= 11 is 0. The summed E-state index contributed by atoms with van der Waals surface area (Å²) in [6, 6.07) is 7.80. The number of nitrogens with one attached hydrogen (secondary N) is 2. The number of carbonyl (C=O) groups is 1. The summed E-state index contributed by atoms with van der Waals surface area (Å²) in [5.41, 5.74) is 7.62. The molecular weight excluding hydrogens is 262 g/mol. The number of amides is 1. The Morgan fingerprint density at radius 1 is 1.29 bits per heavy atom. The van der Waals surface area contributed by atoms with Crippen molar-refractivity contribution in [3.63, 3.8) is 0 Å². The summed E-state index contributed by atoms with van der Waals surface area (Å²) in [5.74, 6) is 0.513. The molecule has 0 radical (unpaired) electrons. The van der Waals surface area contributed by atoms with Gasteiger partial charge in [0.1, 0.15) is 0 Å². The molecule has 1 fully saturated rings. The summed E-state index contributed by atoms with van der Waals surface area (Å²) in [4.78, 5) is 15.7. The molecule has 1 atom stereocenters. The average molecular weight is 285 g/mol. The number of H-pyrrole nitrogens is 1. The minimum absolute atomic E-state index is 0.0128. The molecule has 4 heteroatoms. The predicted octanol–water partition coefficient (Wildman–Crippen LogP) is 2.81. The lowest BCUT2D eigenvalue weighted by Gasteiger charge is -2.30. The largest absolute Gasteiger partial charge is 0.361 e. The normalized spacial score (nSPS) is 17.8. The second-order valence-corrected chi connectivity index (χ2v) is 5.96. The molecule has 3 rings (SSSR count). The summed E-state index contributed by atoms with van der Waals surface area (Å²) in [6.07, 6.45) is 8.04. The smallest absolute Gasteiger partial charge is 0.252 e. The first kappa shape index (κ1) is 14.1. The zero-order valence-electron chi connectivity index (χ0n) is 12.3. The molecular formula is C17H23N3O. The van der Waals surface area contributed by atoms with Gasteiger partial charge in [-0.1, -0.05) is 25.3 Å². The van der Waals surface area contributed by atoms with Gasteiger partial charge in [0.15, 0.2) is 0 Å². The molecule has 4 N–H and O–H groups in total. The van der Waals surface area contributed by atoms with E-state index in [1.54, 1.807) is 0 Å². The first-order chi connectivity index (χ1) is 10.3. The topological polar surface area (TPSA) is 70.9 Å². The summed E-state index contributed by atoms with van der Waals surface area (Å²) in [6.45, 7) is 0.513. The molecule has 0 spiro atoms. The van der Waals surface area contributed by atoms with Gasteiger partial charge in [-0.3, -0.25) is 4.79 Å². The SMILES string of the molecule is NCC(NC(=O)c1cccc2[nH]ccc12)C1CCCCC1. The van der Waals surface area contributed by atoms with Gasteiger partial charge in [-0.15, -0.1) is 0 Å². The Bertz CT molecular complexity index is 613. The number of benzene rings is 1. The van der Waals surface area contributed by atoms with Crippen LogP contribution in [-0.2, 0) is 0 Å². The second kappa shape index (κ2) is 6.31. The first-order valence-electron chi connectivity index (χ1n) is 7.86. The van der Waals surface area contributed by atoms with Gasteiger partial charge in [0.2, 0.25) is 0 Å². The van der Waals surface area contributed by atoms with Gasteiger partial charge in [0.05, 0.1) is 0 Å². The number of hydrogen-bond donors (Lipinski definition) is 3. The van der Waals surface area contributed by atoms with E-state index in [1.807, 2.05) is 30.5 Å². The van der Waals surface area contributed by atoms with E-state index in [-0.39, 0.29) is 11.9 Å². The number of aromatic nitrogens is 1. The van der Waals surface area contributed by atoms with Crippen LogP contribution in [0.4, 0.5) is 0 Å². The molecule has 2 aromatic rings. The minimum atomic E-state index is -0.0128. The Morgan fingerprint density at radius 3 is 2.86 bits per heavy atom. The molecule has 1 heterocycles. The molecule has 0 aliphatic heterocycles. The highest BCUT2D eigenvalue weighted by atomic mass is 16.1. The molecule has 1 aromatic heterocycles. The van der Waals surface area contributed by atoms with Gasteiger partial charge in [-0.25, -0.2) is 0 Å². The highest BCUT2D eigenvalue weighted by Crippen LogP contribution is 2.26.